The van der Waals surface area contributed by atoms with Gasteiger partial charge >= 0.3 is 0 Å². The van der Waals surface area contributed by atoms with E-state index in [4.69, 9.17) is 4.74 Å². The minimum absolute atomic E-state index is 0.0747. The van der Waals surface area contributed by atoms with Crippen LogP contribution in [-0.4, -0.2) is 64.3 Å². The first-order chi connectivity index (χ1) is 7.72. The van der Waals surface area contributed by atoms with Crippen LogP contribution in [0.15, 0.2) is 0 Å². The Labute approximate surface area is 97.5 Å². The van der Waals surface area contributed by atoms with Gasteiger partial charge in [0.15, 0.2) is 0 Å². The van der Waals surface area contributed by atoms with Crippen molar-refractivity contribution < 1.29 is 9.53 Å². The summed E-state index contributed by atoms with van der Waals surface area (Å²) in [7, 11) is 3.77. The zero-order valence-electron chi connectivity index (χ0n) is 10.3. The molecular weight excluding hydrogens is 206 g/mol. The van der Waals surface area contributed by atoms with Crippen molar-refractivity contribution in [2.45, 2.75) is 6.42 Å². The fourth-order valence-electron chi connectivity index (χ4n) is 1.89. The Morgan fingerprint density at radius 3 is 3.00 bits per heavy atom. The Hall–Kier alpha value is -0.650. The third-order valence-electron chi connectivity index (χ3n) is 2.85. The van der Waals surface area contributed by atoms with Crippen LogP contribution in [0, 0.1) is 5.92 Å². The molecule has 1 amide bonds. The summed E-state index contributed by atoms with van der Waals surface area (Å²) in [4.78, 5) is 13.7. The Kier molecular flexibility index (Phi) is 6.37. The number of carbonyl (C=O) groups excluding carboxylic acids is 1. The van der Waals surface area contributed by atoms with Crippen molar-refractivity contribution in [3.63, 3.8) is 0 Å². The van der Waals surface area contributed by atoms with Crippen molar-refractivity contribution in [3.8, 4) is 0 Å². The van der Waals surface area contributed by atoms with Gasteiger partial charge < -0.3 is 20.3 Å². The van der Waals surface area contributed by atoms with E-state index in [1.807, 2.05) is 0 Å². The Morgan fingerprint density at radius 1 is 1.56 bits per heavy atom. The van der Waals surface area contributed by atoms with Gasteiger partial charge in [-0.05, 0) is 25.9 Å². The van der Waals surface area contributed by atoms with Crippen molar-refractivity contribution >= 4 is 5.91 Å². The number of hydrogen-bond acceptors (Lipinski definition) is 4. The highest BCUT2D eigenvalue weighted by Gasteiger charge is 2.19. The molecule has 2 N–H and O–H groups in total. The van der Waals surface area contributed by atoms with E-state index in [0.717, 1.165) is 26.2 Å². The summed E-state index contributed by atoms with van der Waals surface area (Å²) in [6, 6.07) is 0. The van der Waals surface area contributed by atoms with Gasteiger partial charge in [0, 0.05) is 26.7 Å². The first-order valence-corrected chi connectivity index (χ1v) is 5.87. The first kappa shape index (κ1) is 13.4. The van der Waals surface area contributed by atoms with E-state index < -0.39 is 0 Å². The number of hydrogen-bond donors (Lipinski definition) is 2. The number of ether oxygens (including phenoxy) is 1. The molecule has 1 unspecified atom stereocenters. The van der Waals surface area contributed by atoms with Gasteiger partial charge in [-0.1, -0.05) is 0 Å². The second-order valence-electron chi connectivity index (χ2n) is 4.39. The molecule has 94 valence electrons. The standard InChI is InChI=1S/C11H23N3O2/c1-14-5-3-10(9-14)7-13-11(15)8-12-4-6-16-2/h10,12H,3-9H2,1-2H3,(H,13,15). The molecule has 1 saturated heterocycles. The lowest BCUT2D eigenvalue weighted by Crippen LogP contribution is -2.38. The fraction of sp³-hybridized carbons (Fsp3) is 0.909. The molecule has 1 heterocycles. The highest BCUT2D eigenvalue weighted by molar-refractivity contribution is 5.77. The minimum Gasteiger partial charge on any atom is -0.383 e. The van der Waals surface area contributed by atoms with E-state index in [1.165, 1.54) is 6.42 Å². The third-order valence-corrected chi connectivity index (χ3v) is 2.85. The fourth-order valence-corrected chi connectivity index (χ4v) is 1.89. The number of rotatable bonds is 7. The summed E-state index contributed by atoms with van der Waals surface area (Å²) < 4.78 is 4.88. The molecule has 0 bridgehead atoms. The van der Waals surface area contributed by atoms with Gasteiger partial charge in [-0.3, -0.25) is 4.79 Å². The van der Waals surface area contributed by atoms with Crippen LogP contribution in [0.5, 0.6) is 0 Å². The van der Waals surface area contributed by atoms with Crippen LogP contribution in [0.25, 0.3) is 0 Å². The van der Waals surface area contributed by atoms with Gasteiger partial charge in [0.25, 0.3) is 0 Å². The molecule has 1 rings (SSSR count). The molecule has 16 heavy (non-hydrogen) atoms. The minimum atomic E-state index is 0.0747. The van der Waals surface area contributed by atoms with Crippen molar-refractivity contribution in [1.82, 2.24) is 15.5 Å². The molecule has 0 aromatic heterocycles. The monoisotopic (exact) mass is 229 g/mol. The van der Waals surface area contributed by atoms with Crippen LogP contribution in [0.3, 0.4) is 0 Å². The zero-order valence-corrected chi connectivity index (χ0v) is 10.3. The average molecular weight is 229 g/mol. The largest absolute Gasteiger partial charge is 0.383 e. The van der Waals surface area contributed by atoms with Gasteiger partial charge in [-0.15, -0.1) is 0 Å². The van der Waals surface area contributed by atoms with Crippen LogP contribution < -0.4 is 10.6 Å². The van der Waals surface area contributed by atoms with Crippen molar-refractivity contribution in [3.05, 3.63) is 0 Å². The van der Waals surface area contributed by atoms with Crippen LogP contribution >= 0.6 is 0 Å². The van der Waals surface area contributed by atoms with Crippen molar-refractivity contribution in [2.24, 2.45) is 5.92 Å². The van der Waals surface area contributed by atoms with Crippen LogP contribution in [-0.2, 0) is 9.53 Å². The number of methoxy groups -OCH3 is 1. The molecule has 0 aromatic carbocycles. The van der Waals surface area contributed by atoms with E-state index in [1.54, 1.807) is 7.11 Å². The van der Waals surface area contributed by atoms with Gasteiger partial charge in [0.1, 0.15) is 0 Å². The Bertz CT molecular complexity index is 211. The summed E-state index contributed by atoms with van der Waals surface area (Å²) >= 11 is 0. The van der Waals surface area contributed by atoms with Crippen LogP contribution in [0.2, 0.25) is 0 Å². The lowest BCUT2D eigenvalue weighted by Gasteiger charge is -2.11. The quantitative estimate of drug-likeness (QED) is 0.566. The van der Waals surface area contributed by atoms with Gasteiger partial charge in [-0.25, -0.2) is 0 Å². The predicted molar refractivity (Wildman–Crippen MR) is 63.4 cm³/mol. The van der Waals surface area contributed by atoms with Crippen LogP contribution in [0.4, 0.5) is 0 Å². The average Bonchev–Trinajstić information content (AvgIpc) is 2.68. The van der Waals surface area contributed by atoms with E-state index in [9.17, 15) is 4.79 Å². The molecule has 0 aliphatic carbocycles. The molecule has 1 aliphatic rings. The first-order valence-electron chi connectivity index (χ1n) is 5.87. The number of carbonyl (C=O) groups is 1. The third kappa shape index (κ3) is 5.44. The predicted octanol–water partition coefficient (Wildman–Crippen LogP) is -0.710. The van der Waals surface area contributed by atoms with Crippen molar-refractivity contribution in [1.29, 1.82) is 0 Å². The number of likely N-dealkylation sites (tertiary alicyclic amines) is 1. The Morgan fingerprint density at radius 2 is 2.38 bits per heavy atom. The molecule has 1 aliphatic heterocycles. The SMILES string of the molecule is COCCNCC(=O)NCC1CCN(C)C1. The summed E-state index contributed by atoms with van der Waals surface area (Å²) in [6.07, 6.45) is 1.19. The second-order valence-corrected chi connectivity index (χ2v) is 4.39. The maximum absolute atomic E-state index is 11.4. The molecule has 5 nitrogen and oxygen atoms in total. The Balaban J connectivity index is 1.97. The normalized spacial score (nSPS) is 21.2. The second kappa shape index (κ2) is 7.60. The van der Waals surface area contributed by atoms with Gasteiger partial charge in [0.05, 0.1) is 13.2 Å². The topological polar surface area (TPSA) is 53.6 Å². The van der Waals surface area contributed by atoms with Crippen LogP contribution in [0.1, 0.15) is 6.42 Å². The van der Waals surface area contributed by atoms with Gasteiger partial charge in [0.2, 0.25) is 5.91 Å². The highest BCUT2D eigenvalue weighted by Crippen LogP contribution is 2.12. The van der Waals surface area contributed by atoms with Crippen molar-refractivity contribution in [2.75, 3.05) is 53.5 Å². The lowest BCUT2D eigenvalue weighted by molar-refractivity contribution is -0.120. The molecule has 5 heteroatoms. The molecule has 0 aromatic rings. The summed E-state index contributed by atoms with van der Waals surface area (Å²) in [5, 5.41) is 5.98. The maximum atomic E-state index is 11.4. The molecule has 0 spiro atoms. The molecule has 1 atom stereocenters. The number of nitrogens with zero attached hydrogens (tertiary/aromatic N) is 1. The number of amides is 1. The summed E-state index contributed by atoms with van der Waals surface area (Å²) in [5.74, 6) is 0.693. The molecule has 0 radical (unpaired) electrons. The summed E-state index contributed by atoms with van der Waals surface area (Å²) in [5.41, 5.74) is 0. The van der Waals surface area contributed by atoms with E-state index in [2.05, 4.69) is 22.6 Å². The van der Waals surface area contributed by atoms with E-state index in [0.29, 0.717) is 19.1 Å². The number of nitrogens with one attached hydrogen (secondary N) is 2. The molecular formula is C11H23N3O2. The van der Waals surface area contributed by atoms with Gasteiger partial charge in [-0.2, -0.15) is 0 Å². The van der Waals surface area contributed by atoms with E-state index >= 15 is 0 Å². The maximum Gasteiger partial charge on any atom is 0.233 e. The molecule has 1 fully saturated rings. The zero-order chi connectivity index (χ0) is 11.8. The highest BCUT2D eigenvalue weighted by atomic mass is 16.5. The summed E-state index contributed by atoms with van der Waals surface area (Å²) in [6.45, 7) is 4.78. The smallest absolute Gasteiger partial charge is 0.233 e. The lowest BCUT2D eigenvalue weighted by atomic mass is 10.1. The molecule has 0 saturated carbocycles. The van der Waals surface area contributed by atoms with E-state index in [-0.39, 0.29) is 5.91 Å².